The number of rotatable bonds is 5. The molecule has 0 amide bonds. The lowest BCUT2D eigenvalue weighted by Gasteiger charge is -2.21. The molecule has 2 aromatic carbocycles. The summed E-state index contributed by atoms with van der Waals surface area (Å²) in [5.74, 6) is 0.916. The van der Waals surface area contributed by atoms with Gasteiger partial charge in [0.05, 0.1) is 24.9 Å². The monoisotopic (exact) mass is 281 g/mol. The highest BCUT2D eigenvalue weighted by Crippen LogP contribution is 2.30. The van der Waals surface area contributed by atoms with Crippen LogP contribution in [0.5, 0.6) is 5.75 Å². The minimum absolute atomic E-state index is 0.210. The number of ether oxygens (including phenoxy) is 1. The van der Waals surface area contributed by atoms with E-state index in [1.165, 1.54) is 5.56 Å². The minimum Gasteiger partial charge on any atom is -0.496 e. The zero-order chi connectivity index (χ0) is 14.7. The van der Waals surface area contributed by atoms with Gasteiger partial charge in [-0.25, -0.2) is 0 Å². The quantitative estimate of drug-likeness (QED) is 0.739. The molecule has 108 valence electrons. The molecule has 0 radical (unpaired) electrons. The van der Waals surface area contributed by atoms with Crippen molar-refractivity contribution >= 4 is 16.6 Å². The van der Waals surface area contributed by atoms with Gasteiger partial charge >= 0.3 is 0 Å². The molecular weight excluding hydrogens is 262 g/mol. The second kappa shape index (κ2) is 5.87. The van der Waals surface area contributed by atoms with Gasteiger partial charge in [0, 0.05) is 16.6 Å². The molecule has 3 rings (SSSR count). The van der Waals surface area contributed by atoms with Gasteiger partial charge in [0.15, 0.2) is 0 Å². The molecule has 4 heteroatoms. The predicted molar refractivity (Wildman–Crippen MR) is 85.7 cm³/mol. The van der Waals surface area contributed by atoms with E-state index >= 15 is 0 Å². The molecule has 0 aliphatic rings. The smallest absolute Gasteiger partial charge is 0.124 e. The van der Waals surface area contributed by atoms with Crippen LogP contribution < -0.4 is 10.1 Å². The third-order valence-corrected chi connectivity index (χ3v) is 3.71. The molecule has 21 heavy (non-hydrogen) atoms. The Labute approximate surface area is 124 Å². The van der Waals surface area contributed by atoms with Crippen LogP contribution in [0.25, 0.3) is 10.9 Å². The maximum absolute atomic E-state index is 5.47. The summed E-state index contributed by atoms with van der Waals surface area (Å²) >= 11 is 0. The summed E-state index contributed by atoms with van der Waals surface area (Å²) in [5.41, 5.74) is 3.28. The number of nitrogens with zero attached hydrogens (tertiary/aromatic N) is 1. The molecule has 0 saturated heterocycles. The van der Waals surface area contributed by atoms with Crippen LogP contribution in [0.1, 0.15) is 24.9 Å². The Kier molecular flexibility index (Phi) is 3.77. The molecule has 4 nitrogen and oxygen atoms in total. The van der Waals surface area contributed by atoms with E-state index in [0.29, 0.717) is 0 Å². The van der Waals surface area contributed by atoms with Crippen LogP contribution in [-0.4, -0.2) is 17.3 Å². The molecule has 1 unspecified atom stereocenters. The average molecular weight is 281 g/mol. The minimum atomic E-state index is 0.210. The number of aromatic amines is 1. The first-order valence-electron chi connectivity index (χ1n) is 7.14. The Morgan fingerprint density at radius 3 is 2.90 bits per heavy atom. The van der Waals surface area contributed by atoms with E-state index < -0.39 is 0 Å². The van der Waals surface area contributed by atoms with Gasteiger partial charge in [-0.1, -0.05) is 25.1 Å². The molecule has 0 aliphatic heterocycles. The lowest BCUT2D eigenvalue weighted by molar-refractivity contribution is 0.406. The first-order valence-corrected chi connectivity index (χ1v) is 7.14. The molecule has 1 heterocycles. The van der Waals surface area contributed by atoms with Gasteiger partial charge in [0.2, 0.25) is 0 Å². The zero-order valence-electron chi connectivity index (χ0n) is 12.3. The molecule has 2 N–H and O–H groups in total. The second-order valence-corrected chi connectivity index (χ2v) is 5.02. The largest absolute Gasteiger partial charge is 0.496 e. The maximum Gasteiger partial charge on any atom is 0.124 e. The number of para-hydroxylation sites is 1. The highest BCUT2D eigenvalue weighted by atomic mass is 16.5. The summed E-state index contributed by atoms with van der Waals surface area (Å²) in [5, 5.41) is 11.7. The highest BCUT2D eigenvalue weighted by molar-refractivity contribution is 5.81. The van der Waals surface area contributed by atoms with E-state index in [9.17, 15) is 0 Å². The van der Waals surface area contributed by atoms with Crippen molar-refractivity contribution in [2.45, 2.75) is 19.4 Å². The molecule has 0 fully saturated rings. The third-order valence-electron chi connectivity index (χ3n) is 3.71. The van der Waals surface area contributed by atoms with Gasteiger partial charge in [-0.05, 0) is 30.7 Å². The Balaban J connectivity index is 1.89. The van der Waals surface area contributed by atoms with E-state index in [4.69, 9.17) is 4.74 Å². The number of hydrogen-bond acceptors (Lipinski definition) is 3. The molecule has 0 aliphatic carbocycles. The number of fused-ring (bicyclic) bond motifs is 1. The van der Waals surface area contributed by atoms with Crippen molar-refractivity contribution in [3.8, 4) is 5.75 Å². The van der Waals surface area contributed by atoms with Crippen molar-refractivity contribution in [2.24, 2.45) is 0 Å². The van der Waals surface area contributed by atoms with Crippen molar-refractivity contribution in [3.05, 3.63) is 54.2 Å². The van der Waals surface area contributed by atoms with E-state index in [0.717, 1.165) is 28.8 Å². The normalized spacial score (nSPS) is 12.3. The van der Waals surface area contributed by atoms with E-state index in [-0.39, 0.29) is 6.04 Å². The summed E-state index contributed by atoms with van der Waals surface area (Å²) in [6.45, 7) is 2.17. The molecular formula is C17H19N3O. The topological polar surface area (TPSA) is 49.9 Å². The molecule has 0 saturated carbocycles. The van der Waals surface area contributed by atoms with Crippen LogP contribution in [0.3, 0.4) is 0 Å². The van der Waals surface area contributed by atoms with Crippen molar-refractivity contribution in [3.63, 3.8) is 0 Å². The van der Waals surface area contributed by atoms with Crippen LogP contribution >= 0.6 is 0 Å². The zero-order valence-corrected chi connectivity index (χ0v) is 12.3. The fraction of sp³-hybridized carbons (Fsp3) is 0.235. The third kappa shape index (κ3) is 2.70. The SMILES string of the molecule is CCC(Nc1ccc2cn[nH]c2c1)c1ccccc1OC. The number of benzene rings is 2. The van der Waals surface area contributed by atoms with E-state index in [1.807, 2.05) is 24.4 Å². The van der Waals surface area contributed by atoms with Crippen molar-refractivity contribution in [2.75, 3.05) is 12.4 Å². The first-order chi connectivity index (χ1) is 10.3. The average Bonchev–Trinajstić information content (AvgIpc) is 3.00. The van der Waals surface area contributed by atoms with E-state index in [1.54, 1.807) is 7.11 Å². The molecule has 3 aromatic rings. The van der Waals surface area contributed by atoms with Crippen molar-refractivity contribution < 1.29 is 4.74 Å². The number of H-pyrrole nitrogens is 1. The molecule has 1 aromatic heterocycles. The number of hydrogen-bond donors (Lipinski definition) is 2. The lowest BCUT2D eigenvalue weighted by Crippen LogP contribution is -2.10. The number of methoxy groups -OCH3 is 1. The van der Waals surface area contributed by atoms with Crippen LogP contribution in [0, 0.1) is 0 Å². The highest BCUT2D eigenvalue weighted by Gasteiger charge is 2.14. The Hall–Kier alpha value is -2.49. The Bertz CT molecular complexity index is 735. The van der Waals surface area contributed by atoms with Crippen LogP contribution in [0.15, 0.2) is 48.7 Å². The van der Waals surface area contributed by atoms with Gasteiger partial charge in [0.1, 0.15) is 5.75 Å². The summed E-state index contributed by atoms with van der Waals surface area (Å²) in [6.07, 6.45) is 2.80. The fourth-order valence-electron chi connectivity index (χ4n) is 2.58. The number of nitrogens with one attached hydrogen (secondary N) is 2. The van der Waals surface area contributed by atoms with E-state index in [2.05, 4.69) is 46.7 Å². The fourth-order valence-corrected chi connectivity index (χ4v) is 2.58. The van der Waals surface area contributed by atoms with Gasteiger partial charge in [-0.15, -0.1) is 0 Å². The van der Waals surface area contributed by atoms with Gasteiger partial charge in [-0.3, -0.25) is 5.10 Å². The Morgan fingerprint density at radius 1 is 1.24 bits per heavy atom. The molecule has 0 spiro atoms. The van der Waals surface area contributed by atoms with Crippen LogP contribution in [-0.2, 0) is 0 Å². The van der Waals surface area contributed by atoms with Crippen LogP contribution in [0.4, 0.5) is 5.69 Å². The first kappa shape index (κ1) is 13.5. The number of aromatic nitrogens is 2. The van der Waals surface area contributed by atoms with Crippen molar-refractivity contribution in [1.29, 1.82) is 0 Å². The summed E-state index contributed by atoms with van der Waals surface area (Å²) < 4.78 is 5.47. The Morgan fingerprint density at radius 2 is 2.10 bits per heavy atom. The van der Waals surface area contributed by atoms with Gasteiger partial charge in [0.25, 0.3) is 0 Å². The summed E-state index contributed by atoms with van der Waals surface area (Å²) in [7, 11) is 1.71. The lowest BCUT2D eigenvalue weighted by atomic mass is 10.0. The standard InChI is InChI=1S/C17H19N3O/c1-3-15(14-6-4-5-7-17(14)21-2)19-13-9-8-12-11-18-20-16(12)10-13/h4-11,15,19H,3H2,1-2H3,(H,18,20). The number of anilines is 1. The molecule has 0 bridgehead atoms. The van der Waals surface area contributed by atoms with Gasteiger partial charge in [-0.2, -0.15) is 5.10 Å². The second-order valence-electron chi connectivity index (χ2n) is 5.02. The summed E-state index contributed by atoms with van der Waals surface area (Å²) in [4.78, 5) is 0. The summed E-state index contributed by atoms with van der Waals surface area (Å²) in [6, 6.07) is 14.6. The van der Waals surface area contributed by atoms with Gasteiger partial charge < -0.3 is 10.1 Å². The van der Waals surface area contributed by atoms with Crippen molar-refractivity contribution in [1.82, 2.24) is 10.2 Å². The molecule has 1 atom stereocenters. The van der Waals surface area contributed by atoms with Crippen LogP contribution in [0.2, 0.25) is 0 Å². The predicted octanol–water partition coefficient (Wildman–Crippen LogP) is 4.13. The maximum atomic E-state index is 5.47.